The molecule has 2 heterocycles. The van der Waals surface area contributed by atoms with E-state index in [0.717, 1.165) is 0 Å². The van der Waals surface area contributed by atoms with Crippen LogP contribution in [-0.2, 0) is 14.3 Å². The van der Waals surface area contributed by atoms with Crippen molar-refractivity contribution < 1.29 is 23.8 Å². The lowest BCUT2D eigenvalue weighted by molar-refractivity contribution is -0.139. The molecule has 0 unspecified atom stereocenters. The fourth-order valence-corrected chi connectivity index (χ4v) is 6.02. The minimum atomic E-state index is -0.799. The highest BCUT2D eigenvalue weighted by molar-refractivity contribution is 14.1. The first-order valence-corrected chi connectivity index (χ1v) is 13.4. The number of benzene rings is 2. The summed E-state index contributed by atoms with van der Waals surface area (Å²) < 4.78 is 18.5. The lowest BCUT2D eigenvalue weighted by atomic mass is 9.96. The predicted octanol–water partition coefficient (Wildman–Crippen LogP) is 3.99. The molecule has 2 aromatic carbocycles. The molecule has 0 radical (unpaired) electrons. The lowest BCUT2D eigenvalue weighted by Crippen LogP contribution is -2.40. The van der Waals surface area contributed by atoms with Gasteiger partial charge in [-0.25, -0.2) is 9.79 Å². The van der Waals surface area contributed by atoms with Gasteiger partial charge in [0.15, 0.2) is 16.3 Å². The Bertz CT molecular complexity index is 1620. The third kappa shape index (κ3) is 5.36. The van der Waals surface area contributed by atoms with E-state index in [0.29, 0.717) is 46.2 Å². The van der Waals surface area contributed by atoms with Crippen LogP contribution in [0.1, 0.15) is 37.9 Å². The highest BCUT2D eigenvalue weighted by atomic mass is 127. The number of aromatic nitrogens is 1. The van der Waals surface area contributed by atoms with Gasteiger partial charge in [-0.2, -0.15) is 0 Å². The second-order valence-corrected chi connectivity index (χ2v) is 10.5. The van der Waals surface area contributed by atoms with E-state index < -0.39 is 18.0 Å². The van der Waals surface area contributed by atoms with Crippen molar-refractivity contribution in [1.82, 2.24) is 4.57 Å². The molecule has 0 amide bonds. The summed E-state index contributed by atoms with van der Waals surface area (Å²) in [4.78, 5) is 43.2. The lowest BCUT2D eigenvalue weighted by Gasteiger charge is -2.25. The summed E-state index contributed by atoms with van der Waals surface area (Å²) in [7, 11) is 1.47. The highest BCUT2D eigenvalue weighted by Crippen LogP contribution is 2.35. The molecule has 0 saturated heterocycles. The van der Waals surface area contributed by atoms with Gasteiger partial charge in [0.05, 0.1) is 33.1 Å². The quantitative estimate of drug-likeness (QED) is 0.227. The first-order valence-electron chi connectivity index (χ1n) is 11.2. The molecule has 1 aromatic heterocycles. The van der Waals surface area contributed by atoms with Crippen molar-refractivity contribution in [2.45, 2.75) is 26.8 Å². The smallest absolute Gasteiger partial charge is 0.338 e. The summed E-state index contributed by atoms with van der Waals surface area (Å²) in [5, 5.41) is 0.416. The molecule has 1 aliphatic heterocycles. The summed E-state index contributed by atoms with van der Waals surface area (Å²) in [5.74, 6) is -0.355. The molecule has 0 fully saturated rings. The molecular formula is C26H22ClIN2O6S. The van der Waals surface area contributed by atoms with E-state index >= 15 is 0 Å². The minimum absolute atomic E-state index is 0.180. The second-order valence-electron chi connectivity index (χ2n) is 7.95. The first kappa shape index (κ1) is 27.1. The Kier molecular flexibility index (Phi) is 8.20. The SMILES string of the molecule is CCOC(=O)C1=C(C)N=c2s/c(=C\c3cc(I)c(OC(C)=O)c(OC)c3)c(=O)n2[C@H]1c1ccccc1Cl. The second kappa shape index (κ2) is 11.2. The molecule has 0 aliphatic carbocycles. The fraction of sp³-hybridized carbons (Fsp3) is 0.231. The maximum absolute atomic E-state index is 13.8. The van der Waals surface area contributed by atoms with E-state index in [1.165, 1.54) is 29.9 Å². The third-order valence-corrected chi connectivity index (χ3v) is 7.64. The van der Waals surface area contributed by atoms with Crippen molar-refractivity contribution in [3.05, 3.63) is 87.1 Å². The average Bonchev–Trinajstić information content (AvgIpc) is 3.14. The zero-order valence-corrected chi connectivity index (χ0v) is 24.1. The van der Waals surface area contributed by atoms with Gasteiger partial charge in [0.25, 0.3) is 5.56 Å². The number of methoxy groups -OCH3 is 1. The van der Waals surface area contributed by atoms with Crippen LogP contribution in [0.25, 0.3) is 6.08 Å². The van der Waals surface area contributed by atoms with Crippen molar-refractivity contribution in [3.63, 3.8) is 0 Å². The Morgan fingerprint density at radius 2 is 2.00 bits per heavy atom. The summed E-state index contributed by atoms with van der Waals surface area (Å²) in [5.41, 5.74) is 1.64. The molecule has 1 atom stereocenters. The number of rotatable bonds is 6. The summed E-state index contributed by atoms with van der Waals surface area (Å²) in [6.07, 6.45) is 1.71. The van der Waals surface area contributed by atoms with Gasteiger partial charge in [0, 0.05) is 11.9 Å². The molecule has 3 aromatic rings. The number of halogens is 2. The van der Waals surface area contributed by atoms with Gasteiger partial charge in [-0.1, -0.05) is 41.1 Å². The molecule has 0 spiro atoms. The Morgan fingerprint density at radius 1 is 1.27 bits per heavy atom. The van der Waals surface area contributed by atoms with Gasteiger partial charge in [-0.15, -0.1) is 0 Å². The Morgan fingerprint density at radius 3 is 2.65 bits per heavy atom. The largest absolute Gasteiger partial charge is 0.493 e. The number of carbonyl (C=O) groups is 2. The Balaban J connectivity index is 1.93. The van der Waals surface area contributed by atoms with Gasteiger partial charge in [-0.3, -0.25) is 14.2 Å². The molecule has 4 rings (SSSR count). The average molecular weight is 653 g/mol. The monoisotopic (exact) mass is 652 g/mol. The van der Waals surface area contributed by atoms with Crippen LogP contribution in [-0.4, -0.2) is 30.2 Å². The molecule has 37 heavy (non-hydrogen) atoms. The number of esters is 2. The summed E-state index contributed by atoms with van der Waals surface area (Å²) in [6, 6.07) is 9.73. The highest BCUT2D eigenvalue weighted by Gasteiger charge is 2.34. The summed E-state index contributed by atoms with van der Waals surface area (Å²) in [6.45, 7) is 4.93. The molecule has 0 N–H and O–H groups in total. The van der Waals surface area contributed by atoms with E-state index in [9.17, 15) is 14.4 Å². The molecule has 8 nitrogen and oxygen atoms in total. The van der Waals surface area contributed by atoms with Gasteiger partial charge < -0.3 is 14.2 Å². The molecule has 11 heteroatoms. The molecular weight excluding hydrogens is 631 g/mol. The predicted molar refractivity (Wildman–Crippen MR) is 149 cm³/mol. The van der Waals surface area contributed by atoms with Crippen LogP contribution < -0.4 is 24.4 Å². The van der Waals surface area contributed by atoms with E-state index in [-0.39, 0.29) is 17.7 Å². The van der Waals surface area contributed by atoms with Gasteiger partial charge >= 0.3 is 11.9 Å². The zero-order valence-electron chi connectivity index (χ0n) is 20.3. The van der Waals surface area contributed by atoms with Gasteiger partial charge in [0.1, 0.15) is 6.04 Å². The third-order valence-electron chi connectivity index (χ3n) is 5.51. The number of thiazole rings is 1. The van der Waals surface area contributed by atoms with Crippen molar-refractivity contribution in [2.24, 2.45) is 4.99 Å². The minimum Gasteiger partial charge on any atom is -0.493 e. The maximum Gasteiger partial charge on any atom is 0.338 e. The number of ether oxygens (including phenoxy) is 3. The standard InChI is InChI=1S/C26H22ClIN2O6S/c1-5-35-25(33)21-13(2)29-26-30(22(21)16-8-6-7-9-17(16)27)24(32)20(37-26)12-15-10-18(28)23(36-14(3)31)19(11-15)34-4/h6-12,22H,5H2,1-4H3/b20-12-/t22-/m0/s1. The van der Waals surface area contributed by atoms with E-state index in [1.807, 2.05) is 22.6 Å². The van der Waals surface area contributed by atoms with Gasteiger partial charge in [0.2, 0.25) is 0 Å². The Labute approximate surface area is 235 Å². The van der Waals surface area contributed by atoms with E-state index in [1.54, 1.807) is 56.3 Å². The zero-order chi connectivity index (χ0) is 26.9. The van der Waals surface area contributed by atoms with Crippen LogP contribution in [0.3, 0.4) is 0 Å². The fourth-order valence-electron chi connectivity index (χ4n) is 4.00. The number of carbonyl (C=O) groups excluding carboxylic acids is 2. The van der Waals surface area contributed by atoms with Crippen LogP contribution in [0, 0.1) is 3.57 Å². The Hall–Kier alpha value is -2.96. The number of hydrogen-bond donors (Lipinski definition) is 0. The van der Waals surface area contributed by atoms with Crippen LogP contribution in [0.2, 0.25) is 5.02 Å². The summed E-state index contributed by atoms with van der Waals surface area (Å²) >= 11 is 9.77. The molecule has 192 valence electrons. The molecule has 1 aliphatic rings. The van der Waals surface area contributed by atoms with Crippen molar-refractivity contribution in [3.8, 4) is 11.5 Å². The van der Waals surface area contributed by atoms with E-state index in [4.69, 9.17) is 25.8 Å². The number of allylic oxidation sites excluding steroid dienone is 1. The van der Waals surface area contributed by atoms with E-state index in [2.05, 4.69) is 4.99 Å². The number of hydrogen-bond acceptors (Lipinski definition) is 8. The van der Waals surface area contributed by atoms with Crippen molar-refractivity contribution >= 4 is 63.5 Å². The maximum atomic E-state index is 13.8. The van der Waals surface area contributed by atoms with Crippen LogP contribution in [0.4, 0.5) is 0 Å². The topological polar surface area (TPSA) is 96.2 Å². The number of nitrogens with zero attached hydrogens (tertiary/aromatic N) is 2. The van der Waals surface area contributed by atoms with Crippen LogP contribution in [0.15, 0.2) is 57.5 Å². The van der Waals surface area contributed by atoms with Crippen molar-refractivity contribution in [1.29, 1.82) is 0 Å². The molecule has 0 bridgehead atoms. The first-order chi connectivity index (χ1) is 17.7. The van der Waals surface area contributed by atoms with Gasteiger partial charge in [-0.05, 0) is 71.8 Å². The number of fused-ring (bicyclic) bond motifs is 1. The van der Waals surface area contributed by atoms with Crippen LogP contribution >= 0.6 is 45.5 Å². The van der Waals surface area contributed by atoms with Crippen molar-refractivity contribution in [2.75, 3.05) is 13.7 Å². The molecule has 0 saturated carbocycles. The normalized spacial score (nSPS) is 15.2. The van der Waals surface area contributed by atoms with Crippen LogP contribution in [0.5, 0.6) is 11.5 Å².